The van der Waals surface area contributed by atoms with Crippen molar-refractivity contribution in [2.24, 2.45) is 5.92 Å². The zero-order valence-corrected chi connectivity index (χ0v) is 11.3. The second-order valence-electron chi connectivity index (χ2n) is 4.68. The molecule has 1 amide bonds. The summed E-state index contributed by atoms with van der Waals surface area (Å²) in [5, 5.41) is 2.67. The first-order valence-corrected chi connectivity index (χ1v) is 6.10. The highest BCUT2D eigenvalue weighted by molar-refractivity contribution is 5.96. The Labute approximate surface area is 112 Å². The number of rotatable bonds is 6. The Bertz CT molecular complexity index is 472. The maximum Gasteiger partial charge on any atom is 0.257 e. The number of Topliss-reactive ketones (excluding diaryl/α,β-unsaturated/α-hetero) is 1. The number of carbonyl (C=O) groups is 2. The van der Waals surface area contributed by atoms with Crippen LogP contribution in [0.4, 0.5) is 4.39 Å². The summed E-state index contributed by atoms with van der Waals surface area (Å²) in [6.07, 6.45) is 0. The number of ether oxygens (including phenoxy) is 1. The molecule has 0 radical (unpaired) electrons. The molecule has 104 valence electrons. The Hall–Kier alpha value is -1.91. The fourth-order valence-corrected chi connectivity index (χ4v) is 1.42. The highest BCUT2D eigenvalue weighted by Crippen LogP contribution is 2.20. The number of benzene rings is 1. The van der Waals surface area contributed by atoms with Gasteiger partial charge in [0, 0.05) is 12.6 Å². The van der Waals surface area contributed by atoms with Crippen LogP contribution in [0.2, 0.25) is 0 Å². The minimum atomic E-state index is -0.511. The van der Waals surface area contributed by atoms with Crippen molar-refractivity contribution in [1.82, 2.24) is 5.32 Å². The zero-order valence-electron chi connectivity index (χ0n) is 11.3. The summed E-state index contributed by atoms with van der Waals surface area (Å²) in [5.41, 5.74) is 0.262. The molecule has 0 unspecified atom stereocenters. The van der Waals surface area contributed by atoms with Crippen molar-refractivity contribution in [1.29, 1.82) is 0 Å². The molecule has 0 aliphatic carbocycles. The number of halogens is 1. The fourth-order valence-electron chi connectivity index (χ4n) is 1.42. The molecule has 1 aromatic carbocycles. The number of ketones is 1. The number of amides is 1. The van der Waals surface area contributed by atoms with E-state index in [2.05, 4.69) is 5.32 Å². The van der Waals surface area contributed by atoms with Crippen LogP contribution in [0, 0.1) is 11.7 Å². The SMILES string of the molecule is CC(=O)c1ccc(F)cc1OCC(=O)NCC(C)C. The van der Waals surface area contributed by atoms with Gasteiger partial charge in [-0.05, 0) is 25.0 Å². The molecule has 0 aromatic heterocycles. The molecule has 4 nitrogen and oxygen atoms in total. The lowest BCUT2D eigenvalue weighted by Crippen LogP contribution is -2.31. The van der Waals surface area contributed by atoms with Crippen LogP contribution >= 0.6 is 0 Å². The Balaban J connectivity index is 2.64. The second-order valence-corrected chi connectivity index (χ2v) is 4.68. The Morgan fingerprint density at radius 2 is 2.05 bits per heavy atom. The molecule has 0 bridgehead atoms. The topological polar surface area (TPSA) is 55.4 Å². The van der Waals surface area contributed by atoms with Crippen LogP contribution in [0.1, 0.15) is 31.1 Å². The van der Waals surface area contributed by atoms with E-state index in [4.69, 9.17) is 4.74 Å². The molecule has 0 heterocycles. The molecule has 0 aliphatic rings. The third-order valence-electron chi connectivity index (χ3n) is 2.39. The molecule has 0 atom stereocenters. The van der Waals surface area contributed by atoms with Gasteiger partial charge in [-0.25, -0.2) is 4.39 Å². The van der Waals surface area contributed by atoms with Crippen LogP contribution in [-0.2, 0) is 4.79 Å². The molecule has 19 heavy (non-hydrogen) atoms. The van der Waals surface area contributed by atoms with E-state index in [0.717, 1.165) is 6.07 Å². The molecular formula is C14H18FNO3. The maximum absolute atomic E-state index is 13.1. The quantitative estimate of drug-likeness (QED) is 0.804. The lowest BCUT2D eigenvalue weighted by molar-refractivity contribution is -0.123. The van der Waals surface area contributed by atoms with Gasteiger partial charge in [0.2, 0.25) is 0 Å². The van der Waals surface area contributed by atoms with Crippen molar-refractivity contribution < 1.29 is 18.7 Å². The molecule has 1 rings (SSSR count). The van der Waals surface area contributed by atoms with Gasteiger partial charge in [-0.2, -0.15) is 0 Å². The lowest BCUT2D eigenvalue weighted by atomic mass is 10.1. The normalized spacial score (nSPS) is 10.4. The van der Waals surface area contributed by atoms with Crippen molar-refractivity contribution in [3.05, 3.63) is 29.6 Å². The molecule has 0 saturated carbocycles. The van der Waals surface area contributed by atoms with Crippen molar-refractivity contribution in [2.45, 2.75) is 20.8 Å². The van der Waals surface area contributed by atoms with Crippen molar-refractivity contribution >= 4 is 11.7 Å². The summed E-state index contributed by atoms with van der Waals surface area (Å²) in [5.74, 6) is -0.620. The number of hydrogen-bond acceptors (Lipinski definition) is 3. The van der Waals surface area contributed by atoms with Crippen molar-refractivity contribution in [3.8, 4) is 5.75 Å². The Morgan fingerprint density at radius 3 is 2.63 bits per heavy atom. The summed E-state index contributed by atoms with van der Waals surface area (Å²) < 4.78 is 18.3. The molecule has 0 fully saturated rings. The van der Waals surface area contributed by atoms with E-state index in [1.165, 1.54) is 19.1 Å². The van der Waals surface area contributed by atoms with Gasteiger partial charge >= 0.3 is 0 Å². The van der Waals surface area contributed by atoms with Gasteiger partial charge in [0.1, 0.15) is 11.6 Å². The molecule has 1 N–H and O–H groups in total. The maximum atomic E-state index is 13.1. The lowest BCUT2D eigenvalue weighted by Gasteiger charge is -2.11. The average Bonchev–Trinajstić information content (AvgIpc) is 2.33. The Kier molecular flexibility index (Phi) is 5.48. The largest absolute Gasteiger partial charge is 0.483 e. The summed E-state index contributed by atoms with van der Waals surface area (Å²) in [6.45, 7) is 5.61. The number of carbonyl (C=O) groups excluding carboxylic acids is 2. The van der Waals surface area contributed by atoms with E-state index in [0.29, 0.717) is 12.5 Å². The van der Waals surface area contributed by atoms with Crippen LogP contribution in [0.25, 0.3) is 0 Å². The highest BCUT2D eigenvalue weighted by atomic mass is 19.1. The van der Waals surface area contributed by atoms with Gasteiger partial charge in [0.25, 0.3) is 5.91 Å². The predicted molar refractivity (Wildman–Crippen MR) is 69.7 cm³/mol. The Morgan fingerprint density at radius 1 is 1.37 bits per heavy atom. The average molecular weight is 267 g/mol. The van der Waals surface area contributed by atoms with E-state index < -0.39 is 5.82 Å². The van der Waals surface area contributed by atoms with E-state index >= 15 is 0 Å². The van der Waals surface area contributed by atoms with E-state index in [1.54, 1.807) is 0 Å². The van der Waals surface area contributed by atoms with Gasteiger partial charge in [0.15, 0.2) is 12.4 Å². The van der Waals surface area contributed by atoms with E-state index in [9.17, 15) is 14.0 Å². The minimum Gasteiger partial charge on any atom is -0.483 e. The molecular weight excluding hydrogens is 249 g/mol. The minimum absolute atomic E-state index is 0.0900. The van der Waals surface area contributed by atoms with Gasteiger partial charge in [-0.3, -0.25) is 9.59 Å². The molecule has 0 saturated heterocycles. The number of nitrogens with one attached hydrogen (secondary N) is 1. The van der Waals surface area contributed by atoms with Crippen LogP contribution in [0.3, 0.4) is 0 Å². The monoisotopic (exact) mass is 267 g/mol. The van der Waals surface area contributed by atoms with Gasteiger partial charge in [-0.15, -0.1) is 0 Å². The van der Waals surface area contributed by atoms with E-state index in [1.807, 2.05) is 13.8 Å². The van der Waals surface area contributed by atoms with Gasteiger partial charge < -0.3 is 10.1 Å². The van der Waals surface area contributed by atoms with Crippen molar-refractivity contribution in [2.75, 3.05) is 13.2 Å². The summed E-state index contributed by atoms with van der Waals surface area (Å²) >= 11 is 0. The zero-order chi connectivity index (χ0) is 14.4. The summed E-state index contributed by atoms with van der Waals surface area (Å²) in [4.78, 5) is 22.8. The van der Waals surface area contributed by atoms with Gasteiger partial charge in [-0.1, -0.05) is 13.8 Å². The highest BCUT2D eigenvalue weighted by Gasteiger charge is 2.11. The predicted octanol–water partition coefficient (Wildman–Crippen LogP) is 2.18. The van der Waals surface area contributed by atoms with Crippen LogP contribution in [0.5, 0.6) is 5.75 Å². The van der Waals surface area contributed by atoms with Crippen LogP contribution < -0.4 is 10.1 Å². The summed E-state index contributed by atoms with van der Waals surface area (Å²) in [7, 11) is 0. The van der Waals surface area contributed by atoms with Crippen LogP contribution in [0.15, 0.2) is 18.2 Å². The van der Waals surface area contributed by atoms with Crippen LogP contribution in [-0.4, -0.2) is 24.8 Å². The molecule has 5 heteroatoms. The third-order valence-corrected chi connectivity index (χ3v) is 2.39. The molecule has 0 aliphatic heterocycles. The first-order chi connectivity index (χ1) is 8.90. The third kappa shape index (κ3) is 5.07. The van der Waals surface area contributed by atoms with E-state index in [-0.39, 0.29) is 29.6 Å². The summed E-state index contributed by atoms with van der Waals surface area (Å²) in [6, 6.07) is 3.63. The van der Waals surface area contributed by atoms with Crippen molar-refractivity contribution in [3.63, 3.8) is 0 Å². The fraction of sp³-hybridized carbons (Fsp3) is 0.429. The smallest absolute Gasteiger partial charge is 0.257 e. The number of hydrogen-bond donors (Lipinski definition) is 1. The first-order valence-electron chi connectivity index (χ1n) is 6.10. The first kappa shape index (κ1) is 15.1. The molecule has 1 aromatic rings. The molecule has 0 spiro atoms. The second kappa shape index (κ2) is 6.87. The van der Waals surface area contributed by atoms with Gasteiger partial charge in [0.05, 0.1) is 5.56 Å². The standard InChI is InChI=1S/C14H18FNO3/c1-9(2)7-16-14(18)8-19-13-6-11(15)4-5-12(13)10(3)17/h4-6,9H,7-8H2,1-3H3,(H,16,18).